The van der Waals surface area contributed by atoms with Crippen molar-refractivity contribution >= 4 is 28.1 Å². The quantitative estimate of drug-likeness (QED) is 0.354. The molecule has 0 unspecified atom stereocenters. The lowest BCUT2D eigenvalue weighted by Gasteiger charge is -2.20. The van der Waals surface area contributed by atoms with Gasteiger partial charge in [-0.15, -0.1) is 0 Å². The Labute approximate surface area is 199 Å². The van der Waals surface area contributed by atoms with Crippen LogP contribution in [-0.2, 0) is 0 Å². The van der Waals surface area contributed by atoms with E-state index in [9.17, 15) is 10.1 Å². The Hall–Kier alpha value is -4.37. The highest BCUT2D eigenvalue weighted by Crippen LogP contribution is 2.36. The van der Waals surface area contributed by atoms with E-state index in [1.807, 2.05) is 68.4 Å². The summed E-state index contributed by atoms with van der Waals surface area (Å²) >= 11 is 0. The Morgan fingerprint density at radius 3 is 2.56 bits per heavy atom. The van der Waals surface area contributed by atoms with Gasteiger partial charge in [0.15, 0.2) is 0 Å². The smallest absolute Gasteiger partial charge is 0.255 e. The molecule has 1 amide bonds. The molecule has 0 radical (unpaired) electrons. The van der Waals surface area contributed by atoms with Gasteiger partial charge in [0, 0.05) is 34.9 Å². The van der Waals surface area contributed by atoms with Gasteiger partial charge < -0.3 is 15.4 Å². The second-order valence-electron chi connectivity index (χ2n) is 8.68. The number of carbonyl (C=O) groups excluding carboxylic acids is 1. The van der Waals surface area contributed by atoms with Crippen LogP contribution >= 0.6 is 0 Å². The SMILES string of the molecule is COc1ccc2ccc(-c3cc(NC(=O)c4ccccc4)ccn3)cc2c1NCC(C)(C)C#N. The minimum Gasteiger partial charge on any atom is -0.495 e. The number of nitrogens with zero attached hydrogens (tertiary/aromatic N) is 2. The molecule has 0 aliphatic heterocycles. The number of nitrogens with one attached hydrogen (secondary N) is 2. The minimum atomic E-state index is -0.530. The molecule has 6 nitrogen and oxygen atoms in total. The van der Waals surface area contributed by atoms with Gasteiger partial charge in [-0.1, -0.05) is 36.4 Å². The number of hydrogen-bond acceptors (Lipinski definition) is 5. The van der Waals surface area contributed by atoms with Gasteiger partial charge in [-0.3, -0.25) is 9.78 Å². The van der Waals surface area contributed by atoms with Gasteiger partial charge >= 0.3 is 0 Å². The number of pyridine rings is 1. The Morgan fingerprint density at radius 1 is 1.06 bits per heavy atom. The van der Waals surface area contributed by atoms with Crippen molar-refractivity contribution in [3.8, 4) is 23.1 Å². The van der Waals surface area contributed by atoms with Crippen molar-refractivity contribution in [2.45, 2.75) is 13.8 Å². The molecule has 34 heavy (non-hydrogen) atoms. The summed E-state index contributed by atoms with van der Waals surface area (Å²) in [7, 11) is 1.63. The molecule has 1 heterocycles. The third-order valence-electron chi connectivity index (χ3n) is 5.56. The minimum absolute atomic E-state index is 0.174. The van der Waals surface area contributed by atoms with Gasteiger partial charge in [-0.05, 0) is 55.6 Å². The molecule has 1 aromatic heterocycles. The van der Waals surface area contributed by atoms with Crippen molar-refractivity contribution < 1.29 is 9.53 Å². The van der Waals surface area contributed by atoms with Gasteiger partial charge in [0.25, 0.3) is 5.91 Å². The van der Waals surface area contributed by atoms with Crippen LogP contribution in [0.2, 0.25) is 0 Å². The number of anilines is 2. The number of nitriles is 1. The Morgan fingerprint density at radius 2 is 1.82 bits per heavy atom. The molecule has 0 atom stereocenters. The van der Waals surface area contributed by atoms with Crippen LogP contribution in [0.5, 0.6) is 5.75 Å². The highest BCUT2D eigenvalue weighted by Gasteiger charge is 2.18. The average molecular weight is 451 g/mol. The summed E-state index contributed by atoms with van der Waals surface area (Å²) in [5, 5.41) is 17.8. The predicted molar refractivity (Wildman–Crippen MR) is 136 cm³/mol. The Kier molecular flexibility index (Phi) is 6.46. The van der Waals surface area contributed by atoms with Crippen LogP contribution in [0.4, 0.5) is 11.4 Å². The van der Waals surface area contributed by atoms with Crippen LogP contribution in [0.3, 0.4) is 0 Å². The lowest BCUT2D eigenvalue weighted by Crippen LogP contribution is -2.21. The summed E-state index contributed by atoms with van der Waals surface area (Å²) in [5.41, 5.74) is 3.20. The molecule has 6 heteroatoms. The van der Waals surface area contributed by atoms with E-state index in [1.54, 1.807) is 31.5 Å². The fraction of sp³-hybridized carbons (Fsp3) is 0.179. The van der Waals surface area contributed by atoms with Crippen molar-refractivity contribution in [1.29, 1.82) is 5.26 Å². The van der Waals surface area contributed by atoms with E-state index in [0.717, 1.165) is 27.7 Å². The molecule has 0 saturated heterocycles. The molecule has 170 valence electrons. The molecular weight excluding hydrogens is 424 g/mol. The van der Waals surface area contributed by atoms with Gasteiger partial charge in [0.05, 0.1) is 30.0 Å². The monoisotopic (exact) mass is 450 g/mol. The topological polar surface area (TPSA) is 87.0 Å². The Balaban J connectivity index is 1.68. The molecule has 2 N–H and O–H groups in total. The van der Waals surface area contributed by atoms with Gasteiger partial charge in [-0.25, -0.2) is 0 Å². The average Bonchev–Trinajstić information content (AvgIpc) is 2.87. The molecule has 0 fully saturated rings. The van der Waals surface area contributed by atoms with Crippen LogP contribution in [-0.4, -0.2) is 24.5 Å². The molecule has 0 spiro atoms. The van der Waals surface area contributed by atoms with Gasteiger partial charge in [0.2, 0.25) is 0 Å². The Bertz CT molecular complexity index is 1370. The fourth-order valence-electron chi connectivity index (χ4n) is 3.62. The van der Waals surface area contributed by atoms with Crippen molar-refractivity contribution in [2.75, 3.05) is 24.3 Å². The molecule has 0 aliphatic carbocycles. The number of amides is 1. The van der Waals surface area contributed by atoms with E-state index in [2.05, 4.69) is 21.7 Å². The van der Waals surface area contributed by atoms with Crippen molar-refractivity contribution in [2.24, 2.45) is 5.41 Å². The molecule has 3 aromatic carbocycles. The van der Waals surface area contributed by atoms with E-state index in [-0.39, 0.29) is 5.91 Å². The molecule has 4 aromatic rings. The summed E-state index contributed by atoms with van der Waals surface area (Å²) < 4.78 is 5.59. The van der Waals surface area contributed by atoms with Crippen molar-refractivity contribution in [1.82, 2.24) is 4.98 Å². The first-order chi connectivity index (χ1) is 16.4. The number of aromatic nitrogens is 1. The number of carbonyl (C=O) groups is 1. The zero-order valence-electron chi connectivity index (χ0n) is 19.4. The van der Waals surface area contributed by atoms with E-state index in [4.69, 9.17) is 4.74 Å². The van der Waals surface area contributed by atoms with E-state index >= 15 is 0 Å². The van der Waals surface area contributed by atoms with Gasteiger partial charge in [0.1, 0.15) is 5.75 Å². The van der Waals surface area contributed by atoms with E-state index in [0.29, 0.717) is 23.5 Å². The van der Waals surface area contributed by atoms with Crippen LogP contribution in [0, 0.1) is 16.7 Å². The summed E-state index contributed by atoms with van der Waals surface area (Å²) in [4.78, 5) is 17.1. The summed E-state index contributed by atoms with van der Waals surface area (Å²) in [6.07, 6.45) is 1.68. The molecule has 0 bridgehead atoms. The van der Waals surface area contributed by atoms with Crippen molar-refractivity contribution in [3.63, 3.8) is 0 Å². The number of hydrogen-bond donors (Lipinski definition) is 2. The number of rotatable bonds is 7. The third-order valence-corrected chi connectivity index (χ3v) is 5.56. The number of benzene rings is 3. The first-order valence-electron chi connectivity index (χ1n) is 11.0. The van der Waals surface area contributed by atoms with Gasteiger partial charge in [-0.2, -0.15) is 5.26 Å². The fourth-order valence-corrected chi connectivity index (χ4v) is 3.62. The zero-order valence-corrected chi connectivity index (χ0v) is 19.4. The lowest BCUT2D eigenvalue weighted by atomic mass is 9.95. The largest absolute Gasteiger partial charge is 0.495 e. The number of fused-ring (bicyclic) bond motifs is 1. The lowest BCUT2D eigenvalue weighted by molar-refractivity contribution is 0.102. The highest BCUT2D eigenvalue weighted by molar-refractivity contribution is 6.04. The maximum Gasteiger partial charge on any atom is 0.255 e. The number of ether oxygens (including phenoxy) is 1. The van der Waals surface area contributed by atoms with Crippen LogP contribution in [0.25, 0.3) is 22.0 Å². The predicted octanol–water partition coefficient (Wildman–Crippen LogP) is 6.12. The third kappa shape index (κ3) is 5.00. The molecule has 4 rings (SSSR count). The molecule has 0 aliphatic rings. The second-order valence-corrected chi connectivity index (χ2v) is 8.68. The first kappa shape index (κ1) is 22.8. The zero-order chi connectivity index (χ0) is 24.1. The summed E-state index contributed by atoms with van der Waals surface area (Å²) in [5.74, 6) is 0.530. The summed E-state index contributed by atoms with van der Waals surface area (Å²) in [6.45, 7) is 4.26. The normalized spacial score (nSPS) is 11.0. The highest BCUT2D eigenvalue weighted by atomic mass is 16.5. The van der Waals surface area contributed by atoms with Crippen LogP contribution < -0.4 is 15.4 Å². The molecular formula is C28H26N4O2. The maximum absolute atomic E-state index is 12.6. The number of methoxy groups -OCH3 is 1. The second kappa shape index (κ2) is 9.63. The first-order valence-corrected chi connectivity index (χ1v) is 11.0. The van der Waals surface area contributed by atoms with E-state index in [1.165, 1.54) is 0 Å². The molecule has 0 saturated carbocycles. The maximum atomic E-state index is 12.6. The summed E-state index contributed by atoms with van der Waals surface area (Å²) in [6, 6.07) is 25.0. The van der Waals surface area contributed by atoms with Crippen molar-refractivity contribution in [3.05, 3.63) is 84.6 Å². The standard InChI is InChI=1S/C28H26N4O2/c1-28(2,17-29)18-31-26-23-15-21(10-9-19(23)11-12-25(26)34-3)24-16-22(13-14-30-24)32-27(33)20-7-5-4-6-8-20/h4-16,31H,18H2,1-3H3,(H,30,32,33). The van der Waals surface area contributed by atoms with E-state index < -0.39 is 5.41 Å². The van der Waals surface area contributed by atoms with Crippen LogP contribution in [0.15, 0.2) is 79.0 Å². The van der Waals surface area contributed by atoms with Crippen LogP contribution in [0.1, 0.15) is 24.2 Å².